The van der Waals surface area contributed by atoms with E-state index in [-0.39, 0.29) is 5.91 Å². The highest BCUT2D eigenvalue weighted by molar-refractivity contribution is 6.04. The van der Waals surface area contributed by atoms with Crippen LogP contribution < -0.4 is 15.0 Å². The van der Waals surface area contributed by atoms with E-state index in [4.69, 9.17) is 4.74 Å². The van der Waals surface area contributed by atoms with Crippen LogP contribution >= 0.6 is 0 Å². The Balaban J connectivity index is 1.39. The Labute approximate surface area is 174 Å². The van der Waals surface area contributed by atoms with Gasteiger partial charge in [0.2, 0.25) is 5.88 Å². The van der Waals surface area contributed by atoms with Crippen molar-refractivity contribution in [3.05, 3.63) is 90.8 Å². The van der Waals surface area contributed by atoms with Gasteiger partial charge in [0.1, 0.15) is 5.75 Å². The number of nitrogens with zero attached hydrogens (tertiary/aromatic N) is 4. The zero-order chi connectivity index (χ0) is 20.9. The van der Waals surface area contributed by atoms with Crippen molar-refractivity contribution in [1.82, 2.24) is 14.8 Å². The second-order valence-corrected chi connectivity index (χ2v) is 6.85. The van der Waals surface area contributed by atoms with Crippen LogP contribution in [0.5, 0.6) is 11.6 Å². The molecule has 0 aliphatic heterocycles. The van der Waals surface area contributed by atoms with Crippen LogP contribution in [0.2, 0.25) is 0 Å². The van der Waals surface area contributed by atoms with Crippen LogP contribution in [0.15, 0.2) is 85.2 Å². The third kappa shape index (κ3) is 4.47. The summed E-state index contributed by atoms with van der Waals surface area (Å²) in [5.74, 6) is 1.54. The van der Waals surface area contributed by atoms with Crippen LogP contribution in [-0.2, 0) is 0 Å². The van der Waals surface area contributed by atoms with Gasteiger partial charge < -0.3 is 19.5 Å². The van der Waals surface area contributed by atoms with Gasteiger partial charge in [-0.25, -0.2) is 0 Å². The Bertz CT molecular complexity index is 1120. The predicted octanol–water partition coefficient (Wildman–Crippen LogP) is 4.38. The molecule has 1 N–H and O–H groups in total. The van der Waals surface area contributed by atoms with Crippen molar-refractivity contribution in [2.75, 3.05) is 24.3 Å². The van der Waals surface area contributed by atoms with Crippen molar-refractivity contribution in [1.29, 1.82) is 0 Å². The molecule has 7 nitrogen and oxygen atoms in total. The maximum atomic E-state index is 12.5. The Hall–Kier alpha value is -4.13. The number of hydrogen-bond acceptors (Lipinski definition) is 5. The number of amides is 1. The van der Waals surface area contributed by atoms with Gasteiger partial charge >= 0.3 is 0 Å². The Morgan fingerprint density at radius 1 is 0.933 bits per heavy atom. The Morgan fingerprint density at radius 2 is 1.70 bits per heavy atom. The first-order valence-corrected chi connectivity index (χ1v) is 9.42. The van der Waals surface area contributed by atoms with Crippen molar-refractivity contribution in [2.24, 2.45) is 0 Å². The monoisotopic (exact) mass is 399 g/mol. The smallest absolute Gasteiger partial charge is 0.255 e. The minimum atomic E-state index is -0.168. The van der Waals surface area contributed by atoms with Crippen molar-refractivity contribution in [3.63, 3.8) is 0 Å². The zero-order valence-corrected chi connectivity index (χ0v) is 16.7. The fourth-order valence-electron chi connectivity index (χ4n) is 2.85. The van der Waals surface area contributed by atoms with Crippen molar-refractivity contribution in [2.45, 2.75) is 0 Å². The highest BCUT2D eigenvalue weighted by atomic mass is 16.5. The number of aromatic nitrogens is 3. The van der Waals surface area contributed by atoms with Gasteiger partial charge in [-0.2, -0.15) is 0 Å². The molecule has 0 saturated carbocycles. The van der Waals surface area contributed by atoms with Gasteiger partial charge in [-0.1, -0.05) is 6.07 Å². The predicted molar refractivity (Wildman–Crippen MR) is 117 cm³/mol. The zero-order valence-electron chi connectivity index (χ0n) is 16.7. The lowest BCUT2D eigenvalue weighted by atomic mass is 10.1. The number of anilines is 2. The molecule has 0 fully saturated rings. The number of nitrogens with one attached hydrogen (secondary N) is 1. The summed E-state index contributed by atoms with van der Waals surface area (Å²) in [6, 6.07) is 22.0. The van der Waals surface area contributed by atoms with Crippen molar-refractivity contribution < 1.29 is 9.53 Å². The number of carbonyl (C=O) groups excluding carboxylic acids is 1. The molecule has 0 saturated heterocycles. The van der Waals surface area contributed by atoms with Crippen LogP contribution in [0.1, 0.15) is 10.4 Å². The fraction of sp³-hybridized carbons (Fsp3) is 0.0870. The number of hydrogen-bond donors (Lipinski definition) is 1. The molecule has 2 aromatic heterocycles. The van der Waals surface area contributed by atoms with Gasteiger partial charge in [-0.15, -0.1) is 10.2 Å². The first kappa shape index (κ1) is 19.2. The Morgan fingerprint density at radius 3 is 2.37 bits per heavy atom. The quantitative estimate of drug-likeness (QED) is 0.521. The molecule has 150 valence electrons. The van der Waals surface area contributed by atoms with E-state index in [1.54, 1.807) is 36.4 Å². The first-order valence-electron chi connectivity index (χ1n) is 9.42. The number of benzene rings is 2. The maximum absolute atomic E-state index is 12.5. The van der Waals surface area contributed by atoms with E-state index in [2.05, 4.69) is 15.5 Å². The molecule has 2 aromatic carbocycles. The number of carbonyl (C=O) groups is 1. The third-order valence-corrected chi connectivity index (χ3v) is 4.45. The molecule has 2 heterocycles. The molecular formula is C23H21N5O2. The molecule has 0 bridgehead atoms. The molecule has 4 rings (SSSR count). The molecular weight excluding hydrogens is 378 g/mol. The van der Waals surface area contributed by atoms with Gasteiger partial charge in [0.05, 0.1) is 0 Å². The molecule has 0 aliphatic rings. The minimum absolute atomic E-state index is 0.168. The molecule has 0 unspecified atom stereocenters. The summed E-state index contributed by atoms with van der Waals surface area (Å²) >= 11 is 0. The summed E-state index contributed by atoms with van der Waals surface area (Å²) in [5.41, 5.74) is 2.24. The third-order valence-electron chi connectivity index (χ3n) is 4.45. The minimum Gasteiger partial charge on any atom is -0.438 e. The molecule has 7 heteroatoms. The van der Waals surface area contributed by atoms with E-state index in [1.807, 2.05) is 72.4 Å². The van der Waals surface area contributed by atoms with Crippen molar-refractivity contribution in [3.8, 4) is 17.4 Å². The second kappa shape index (κ2) is 8.48. The standard InChI is InChI=1S/C23H21N5O2/c1-27(2)19-7-5-6-17(16-19)23(29)24-18-8-10-20(11-9-18)30-22-13-12-21(25-26-22)28-14-3-4-15-28/h3-16H,1-2H3,(H,24,29). The normalized spacial score (nSPS) is 10.5. The highest BCUT2D eigenvalue weighted by Gasteiger charge is 2.08. The molecule has 0 atom stereocenters. The van der Waals surface area contributed by atoms with Crippen LogP contribution in [0, 0.1) is 0 Å². The molecule has 30 heavy (non-hydrogen) atoms. The highest BCUT2D eigenvalue weighted by Crippen LogP contribution is 2.22. The Kier molecular flexibility index (Phi) is 5.43. The lowest BCUT2D eigenvalue weighted by Crippen LogP contribution is -2.14. The van der Waals surface area contributed by atoms with Crippen LogP contribution in [-0.4, -0.2) is 34.8 Å². The molecule has 4 aromatic rings. The summed E-state index contributed by atoms with van der Waals surface area (Å²) < 4.78 is 7.60. The largest absolute Gasteiger partial charge is 0.438 e. The van der Waals surface area contributed by atoms with E-state index in [0.717, 1.165) is 5.69 Å². The van der Waals surface area contributed by atoms with E-state index >= 15 is 0 Å². The molecule has 0 spiro atoms. The van der Waals surface area contributed by atoms with Gasteiger partial charge in [0.25, 0.3) is 5.91 Å². The SMILES string of the molecule is CN(C)c1cccc(C(=O)Nc2ccc(Oc3ccc(-n4cccc4)nn3)cc2)c1. The topological polar surface area (TPSA) is 72.3 Å². The van der Waals surface area contributed by atoms with E-state index in [1.165, 1.54) is 0 Å². The van der Waals surface area contributed by atoms with E-state index in [0.29, 0.717) is 28.7 Å². The second-order valence-electron chi connectivity index (χ2n) is 6.85. The summed E-state index contributed by atoms with van der Waals surface area (Å²) in [7, 11) is 3.88. The van der Waals surface area contributed by atoms with Crippen LogP contribution in [0.4, 0.5) is 11.4 Å². The molecule has 1 amide bonds. The maximum Gasteiger partial charge on any atom is 0.255 e. The van der Waals surface area contributed by atoms with E-state index in [9.17, 15) is 4.79 Å². The lowest BCUT2D eigenvalue weighted by molar-refractivity contribution is 0.102. The first-order chi connectivity index (χ1) is 14.6. The number of rotatable bonds is 6. The fourth-order valence-corrected chi connectivity index (χ4v) is 2.85. The van der Waals surface area contributed by atoms with Gasteiger partial charge in [-0.3, -0.25) is 4.79 Å². The van der Waals surface area contributed by atoms with Crippen LogP contribution in [0.3, 0.4) is 0 Å². The summed E-state index contributed by atoms with van der Waals surface area (Å²) in [4.78, 5) is 14.5. The summed E-state index contributed by atoms with van der Waals surface area (Å²) in [5, 5.41) is 11.1. The lowest BCUT2D eigenvalue weighted by Gasteiger charge is -2.13. The van der Waals surface area contributed by atoms with Crippen molar-refractivity contribution >= 4 is 17.3 Å². The summed E-state index contributed by atoms with van der Waals surface area (Å²) in [6.45, 7) is 0. The van der Waals surface area contributed by atoms with Gasteiger partial charge in [0.15, 0.2) is 5.82 Å². The average Bonchev–Trinajstić information content (AvgIpc) is 3.31. The van der Waals surface area contributed by atoms with E-state index < -0.39 is 0 Å². The van der Waals surface area contributed by atoms with Crippen LogP contribution in [0.25, 0.3) is 5.82 Å². The molecule has 0 aliphatic carbocycles. The van der Waals surface area contributed by atoms with Gasteiger partial charge in [-0.05, 0) is 60.7 Å². The molecule has 0 radical (unpaired) electrons. The average molecular weight is 399 g/mol. The van der Waals surface area contributed by atoms with Gasteiger partial charge in [0, 0.05) is 49.5 Å². The number of ether oxygens (including phenoxy) is 1. The summed E-state index contributed by atoms with van der Waals surface area (Å²) in [6.07, 6.45) is 3.79.